The molecule has 0 atom stereocenters. The first-order valence-corrected chi connectivity index (χ1v) is 10.4. The molecule has 1 amide bonds. The van der Waals surface area contributed by atoms with Crippen molar-refractivity contribution in [1.29, 1.82) is 0 Å². The van der Waals surface area contributed by atoms with Gasteiger partial charge in [0.05, 0.1) is 5.69 Å². The minimum absolute atomic E-state index is 0.0662. The second-order valence-electron chi connectivity index (χ2n) is 7.73. The third kappa shape index (κ3) is 5.23. The van der Waals surface area contributed by atoms with Crippen LogP contribution in [0.4, 0.5) is 10.1 Å². The molecule has 4 nitrogen and oxygen atoms in total. The molecule has 0 aliphatic heterocycles. The van der Waals surface area contributed by atoms with Crippen molar-refractivity contribution in [2.45, 2.75) is 40.0 Å². The first-order valence-electron chi connectivity index (χ1n) is 10.4. The van der Waals surface area contributed by atoms with Gasteiger partial charge in [0, 0.05) is 37.3 Å². The van der Waals surface area contributed by atoms with Gasteiger partial charge < -0.3 is 4.90 Å². The van der Waals surface area contributed by atoms with Gasteiger partial charge in [-0.3, -0.25) is 14.6 Å². The van der Waals surface area contributed by atoms with Crippen molar-refractivity contribution in [1.82, 2.24) is 4.98 Å². The fourth-order valence-corrected chi connectivity index (χ4v) is 3.53. The summed E-state index contributed by atoms with van der Waals surface area (Å²) in [5, 5.41) is 0. The van der Waals surface area contributed by atoms with Crippen LogP contribution in [0.5, 0.6) is 0 Å². The van der Waals surface area contributed by atoms with E-state index in [2.05, 4.69) is 4.98 Å². The van der Waals surface area contributed by atoms with Gasteiger partial charge in [0.2, 0.25) is 5.91 Å². The number of rotatable bonds is 7. The number of Topliss-reactive ketones (excluding diaryl/α,β-unsaturated/α-hetero) is 1. The van der Waals surface area contributed by atoms with Crippen molar-refractivity contribution in [3.63, 3.8) is 0 Å². The number of benzene rings is 2. The lowest BCUT2D eigenvalue weighted by atomic mass is 9.95. The second kappa shape index (κ2) is 9.65. The Balaban J connectivity index is 1.75. The molecule has 0 bridgehead atoms. The lowest BCUT2D eigenvalue weighted by Crippen LogP contribution is -2.25. The molecule has 5 heteroatoms. The van der Waals surface area contributed by atoms with E-state index in [1.54, 1.807) is 38.4 Å². The van der Waals surface area contributed by atoms with Crippen LogP contribution in [0.1, 0.15) is 46.9 Å². The van der Waals surface area contributed by atoms with Gasteiger partial charge in [-0.25, -0.2) is 4.39 Å². The Hall–Kier alpha value is -3.34. The molecule has 3 aromatic rings. The van der Waals surface area contributed by atoms with Gasteiger partial charge >= 0.3 is 0 Å². The predicted octanol–water partition coefficient (Wildman–Crippen LogP) is 5.69. The molecule has 31 heavy (non-hydrogen) atoms. The number of aromatic nitrogens is 1. The monoisotopic (exact) mass is 418 g/mol. The van der Waals surface area contributed by atoms with E-state index in [1.165, 1.54) is 11.0 Å². The third-order valence-electron chi connectivity index (χ3n) is 5.46. The lowest BCUT2D eigenvalue weighted by molar-refractivity contribution is -0.118. The Morgan fingerprint density at radius 2 is 1.81 bits per heavy atom. The number of nitrogens with zero attached hydrogens (tertiary/aromatic N) is 2. The number of ketones is 1. The maximum atomic E-state index is 14.7. The van der Waals surface area contributed by atoms with Crippen LogP contribution in [0, 0.1) is 19.7 Å². The highest BCUT2D eigenvalue weighted by molar-refractivity contribution is 5.97. The average molecular weight is 419 g/mol. The van der Waals surface area contributed by atoms with Gasteiger partial charge in [0.1, 0.15) is 5.82 Å². The summed E-state index contributed by atoms with van der Waals surface area (Å²) in [4.78, 5) is 30.1. The number of carbonyl (C=O) groups excluding carboxylic acids is 2. The minimum Gasteiger partial charge on any atom is -0.313 e. The average Bonchev–Trinajstić information content (AvgIpc) is 2.77. The molecule has 0 unspecified atom stereocenters. The third-order valence-corrected chi connectivity index (χ3v) is 5.46. The highest BCUT2D eigenvalue weighted by Gasteiger charge is 2.15. The predicted molar refractivity (Wildman–Crippen MR) is 122 cm³/mol. The Labute approximate surface area is 182 Å². The van der Waals surface area contributed by atoms with Crippen LogP contribution >= 0.6 is 0 Å². The number of carbonyl (C=O) groups is 2. The standard InChI is InChI=1S/C26H27FN2O2/c1-5-26(31)29(4)24-12-10-20(15-23(24)27)22-11-9-21(14-17(22)2)25(30)13-8-19-7-6-18(3)28-16-19/h6-7,9-12,14-16H,5,8,13H2,1-4H3. The van der Waals surface area contributed by atoms with Crippen molar-refractivity contribution < 1.29 is 14.0 Å². The van der Waals surface area contributed by atoms with Crippen LogP contribution < -0.4 is 4.90 Å². The molecule has 1 aromatic heterocycles. The second-order valence-corrected chi connectivity index (χ2v) is 7.73. The van der Waals surface area contributed by atoms with Gasteiger partial charge in [0.25, 0.3) is 0 Å². The molecule has 0 fully saturated rings. The van der Waals surface area contributed by atoms with Crippen LogP contribution in [0.3, 0.4) is 0 Å². The van der Waals surface area contributed by atoms with Crippen LogP contribution in [0.25, 0.3) is 11.1 Å². The number of amides is 1. The van der Waals surface area contributed by atoms with E-state index in [4.69, 9.17) is 0 Å². The summed E-state index contributed by atoms with van der Waals surface area (Å²) in [7, 11) is 1.57. The summed E-state index contributed by atoms with van der Waals surface area (Å²) in [6.45, 7) is 5.59. The quantitative estimate of drug-likeness (QED) is 0.463. The fourth-order valence-electron chi connectivity index (χ4n) is 3.53. The number of hydrogen-bond donors (Lipinski definition) is 0. The molecular formula is C26H27FN2O2. The smallest absolute Gasteiger partial charge is 0.226 e. The fraction of sp³-hybridized carbons (Fsp3) is 0.269. The SMILES string of the molecule is CCC(=O)N(C)c1ccc(-c2ccc(C(=O)CCc3ccc(C)nc3)cc2C)cc1F. The molecule has 0 saturated carbocycles. The number of halogens is 1. The molecule has 0 saturated heterocycles. The van der Waals surface area contributed by atoms with Crippen LogP contribution in [-0.4, -0.2) is 23.7 Å². The molecule has 3 rings (SSSR count). The number of aryl methyl sites for hydroxylation is 3. The lowest BCUT2D eigenvalue weighted by Gasteiger charge is -2.18. The summed E-state index contributed by atoms with van der Waals surface area (Å²) < 4.78 is 14.7. The van der Waals surface area contributed by atoms with E-state index in [0.29, 0.717) is 30.4 Å². The number of hydrogen-bond acceptors (Lipinski definition) is 3. The van der Waals surface area contributed by atoms with E-state index in [1.807, 2.05) is 38.1 Å². The summed E-state index contributed by atoms with van der Waals surface area (Å²) >= 11 is 0. The normalized spacial score (nSPS) is 10.7. The number of pyridine rings is 1. The molecule has 0 N–H and O–H groups in total. The van der Waals surface area contributed by atoms with Crippen LogP contribution in [-0.2, 0) is 11.2 Å². The summed E-state index contributed by atoms with van der Waals surface area (Å²) in [5.74, 6) is -0.531. The molecule has 2 aromatic carbocycles. The van der Waals surface area contributed by atoms with Crippen molar-refractivity contribution in [2.75, 3.05) is 11.9 Å². The zero-order chi connectivity index (χ0) is 22.5. The van der Waals surface area contributed by atoms with Gasteiger partial charge in [-0.15, -0.1) is 0 Å². The summed E-state index contributed by atoms with van der Waals surface area (Å²) in [6, 6.07) is 14.3. The summed E-state index contributed by atoms with van der Waals surface area (Å²) in [5.41, 5.74) is 5.35. The zero-order valence-electron chi connectivity index (χ0n) is 18.4. The van der Waals surface area contributed by atoms with E-state index < -0.39 is 5.82 Å². The van der Waals surface area contributed by atoms with E-state index >= 15 is 0 Å². The van der Waals surface area contributed by atoms with E-state index in [0.717, 1.165) is 22.4 Å². The number of anilines is 1. The molecule has 1 heterocycles. The largest absolute Gasteiger partial charge is 0.313 e. The van der Waals surface area contributed by atoms with Crippen molar-refractivity contribution in [3.8, 4) is 11.1 Å². The molecule has 0 aliphatic carbocycles. The van der Waals surface area contributed by atoms with Gasteiger partial charge in [-0.2, -0.15) is 0 Å². The van der Waals surface area contributed by atoms with E-state index in [-0.39, 0.29) is 17.4 Å². The van der Waals surface area contributed by atoms with Gasteiger partial charge in [-0.05, 0) is 66.8 Å². The van der Waals surface area contributed by atoms with Crippen molar-refractivity contribution in [2.24, 2.45) is 0 Å². The molecule has 160 valence electrons. The van der Waals surface area contributed by atoms with E-state index in [9.17, 15) is 14.0 Å². The Morgan fingerprint density at radius 1 is 1.03 bits per heavy atom. The zero-order valence-corrected chi connectivity index (χ0v) is 18.4. The topological polar surface area (TPSA) is 50.3 Å². The van der Waals surface area contributed by atoms with Crippen molar-refractivity contribution >= 4 is 17.4 Å². The Bertz CT molecular complexity index is 1110. The highest BCUT2D eigenvalue weighted by Crippen LogP contribution is 2.29. The molecule has 0 aliphatic rings. The molecule has 0 radical (unpaired) electrons. The Kier molecular flexibility index (Phi) is 6.95. The summed E-state index contributed by atoms with van der Waals surface area (Å²) in [6.07, 6.45) is 3.17. The van der Waals surface area contributed by atoms with Crippen molar-refractivity contribution in [3.05, 3.63) is 82.9 Å². The van der Waals surface area contributed by atoms with Crippen LogP contribution in [0.15, 0.2) is 54.7 Å². The first kappa shape index (κ1) is 22.3. The highest BCUT2D eigenvalue weighted by atomic mass is 19.1. The van der Waals surface area contributed by atoms with Gasteiger partial charge in [-0.1, -0.05) is 31.2 Å². The maximum Gasteiger partial charge on any atom is 0.226 e. The molecular weight excluding hydrogens is 391 g/mol. The van der Waals surface area contributed by atoms with Gasteiger partial charge in [0.15, 0.2) is 5.78 Å². The first-order chi connectivity index (χ1) is 14.8. The Morgan fingerprint density at radius 3 is 2.42 bits per heavy atom. The van der Waals surface area contributed by atoms with Crippen LogP contribution in [0.2, 0.25) is 0 Å². The molecule has 0 spiro atoms. The minimum atomic E-state index is -0.451. The maximum absolute atomic E-state index is 14.7.